The molecular formula is C8H12N3O4+. The molecule has 0 aromatic heterocycles. The van der Waals surface area contributed by atoms with E-state index in [1.165, 1.54) is 6.92 Å². The quantitative estimate of drug-likeness (QED) is 0.307. The van der Waals surface area contributed by atoms with E-state index in [1.54, 1.807) is 0 Å². The number of nitro groups is 1. The van der Waals surface area contributed by atoms with Gasteiger partial charge in [0.05, 0.1) is 16.6 Å². The van der Waals surface area contributed by atoms with Gasteiger partial charge in [0, 0.05) is 20.0 Å². The Morgan fingerprint density at radius 3 is 2.93 bits per heavy atom. The van der Waals surface area contributed by atoms with Gasteiger partial charge in [0.2, 0.25) is 0 Å². The third kappa shape index (κ3) is 2.38. The van der Waals surface area contributed by atoms with Crippen LogP contribution in [0, 0.1) is 10.1 Å². The normalized spacial score (nSPS) is 15.6. The molecule has 0 unspecified atom stereocenters. The van der Waals surface area contributed by atoms with Crippen LogP contribution in [0.2, 0.25) is 0 Å². The average Bonchev–Trinajstić information content (AvgIpc) is 2.43. The lowest BCUT2D eigenvalue weighted by molar-refractivity contribution is -0.483. The molecule has 0 aromatic carbocycles. The van der Waals surface area contributed by atoms with Gasteiger partial charge in [-0.15, -0.1) is 0 Å². The Balaban J connectivity index is 2.77. The third-order valence-electron chi connectivity index (χ3n) is 1.87. The van der Waals surface area contributed by atoms with E-state index < -0.39 is 4.92 Å². The van der Waals surface area contributed by atoms with Crippen molar-refractivity contribution in [1.82, 2.24) is 0 Å². The minimum Gasteiger partial charge on any atom is -0.469 e. The Labute approximate surface area is 86.1 Å². The zero-order valence-corrected chi connectivity index (χ0v) is 8.34. The zero-order chi connectivity index (χ0) is 11.4. The van der Waals surface area contributed by atoms with Gasteiger partial charge in [-0.3, -0.25) is 10.1 Å². The number of hydrogen-bond donors (Lipinski definition) is 1. The molecule has 0 radical (unpaired) electrons. The Morgan fingerprint density at radius 1 is 1.73 bits per heavy atom. The fourth-order valence-corrected chi connectivity index (χ4v) is 1.05. The molecule has 0 fully saturated rings. The molecule has 15 heavy (non-hydrogen) atoms. The highest BCUT2D eigenvalue weighted by atomic mass is 16.6. The lowest BCUT2D eigenvalue weighted by Gasteiger charge is -1.99. The molecule has 1 aliphatic heterocycles. The summed E-state index contributed by atoms with van der Waals surface area (Å²) in [4.78, 5) is 10.1. The molecule has 0 saturated carbocycles. The van der Waals surface area contributed by atoms with Crippen molar-refractivity contribution in [2.24, 2.45) is 5.10 Å². The van der Waals surface area contributed by atoms with Crippen molar-refractivity contribution < 1.29 is 19.5 Å². The molecule has 0 bridgehead atoms. The highest BCUT2D eigenvalue weighted by Crippen LogP contribution is 2.16. The molecule has 0 saturated heterocycles. The maximum Gasteiger partial charge on any atom is 0.405 e. The number of hydrogen-bond acceptors (Lipinski definition) is 5. The SMILES string of the molecule is C=[N+]1N=C(OCCCO)C([N+](=O)[O-])=C1C. The summed E-state index contributed by atoms with van der Waals surface area (Å²) in [6.07, 6.45) is 0.403. The summed E-state index contributed by atoms with van der Waals surface area (Å²) in [7, 11) is 0. The van der Waals surface area contributed by atoms with Crippen LogP contribution in [0.5, 0.6) is 0 Å². The Kier molecular flexibility index (Phi) is 3.51. The van der Waals surface area contributed by atoms with E-state index in [1.807, 2.05) is 0 Å². The standard InChI is InChI=1S/C8H12N3O4/c1-6-7(11(13)14)8(9-10(6)2)15-5-3-4-12/h12H,2-5H2,1H3/q+1. The third-order valence-corrected chi connectivity index (χ3v) is 1.87. The monoisotopic (exact) mass is 214 g/mol. The summed E-state index contributed by atoms with van der Waals surface area (Å²) < 4.78 is 6.21. The maximum atomic E-state index is 10.7. The topological polar surface area (TPSA) is 88.0 Å². The molecule has 7 nitrogen and oxygen atoms in total. The van der Waals surface area contributed by atoms with Crippen molar-refractivity contribution in [2.75, 3.05) is 13.2 Å². The van der Waals surface area contributed by atoms with Crippen LogP contribution < -0.4 is 0 Å². The van der Waals surface area contributed by atoms with Crippen molar-refractivity contribution in [3.8, 4) is 0 Å². The number of aliphatic hydroxyl groups excluding tert-OH is 1. The molecule has 0 aliphatic carbocycles. The van der Waals surface area contributed by atoms with E-state index >= 15 is 0 Å². The van der Waals surface area contributed by atoms with E-state index in [0.717, 1.165) is 4.68 Å². The second-order valence-electron chi connectivity index (χ2n) is 2.92. The van der Waals surface area contributed by atoms with Crippen LogP contribution in [0.25, 0.3) is 0 Å². The van der Waals surface area contributed by atoms with E-state index in [0.29, 0.717) is 12.1 Å². The van der Waals surface area contributed by atoms with E-state index in [9.17, 15) is 10.1 Å². The molecule has 0 spiro atoms. The van der Waals surface area contributed by atoms with Gasteiger partial charge >= 0.3 is 11.6 Å². The van der Waals surface area contributed by atoms with Gasteiger partial charge in [-0.1, -0.05) is 4.68 Å². The minimum atomic E-state index is -0.557. The van der Waals surface area contributed by atoms with E-state index in [-0.39, 0.29) is 24.8 Å². The molecule has 0 amide bonds. The van der Waals surface area contributed by atoms with Gasteiger partial charge in [-0.05, 0) is 0 Å². The predicted octanol–water partition coefficient (Wildman–Crippen LogP) is -0.0662. The molecular weight excluding hydrogens is 202 g/mol. The zero-order valence-electron chi connectivity index (χ0n) is 8.34. The summed E-state index contributed by atoms with van der Waals surface area (Å²) >= 11 is 0. The van der Waals surface area contributed by atoms with Crippen LogP contribution in [0.1, 0.15) is 13.3 Å². The lowest BCUT2D eigenvalue weighted by Crippen LogP contribution is -2.14. The Bertz CT molecular complexity index is 359. The van der Waals surface area contributed by atoms with Crippen LogP contribution >= 0.6 is 0 Å². The number of ether oxygens (including phenoxy) is 1. The molecule has 1 N–H and O–H groups in total. The molecule has 1 heterocycles. The van der Waals surface area contributed by atoms with Gasteiger partial charge in [0.25, 0.3) is 5.70 Å². The first-order valence-electron chi connectivity index (χ1n) is 4.36. The highest BCUT2D eigenvalue weighted by Gasteiger charge is 2.39. The summed E-state index contributed by atoms with van der Waals surface area (Å²) in [6, 6.07) is 0. The lowest BCUT2D eigenvalue weighted by atomic mass is 10.3. The van der Waals surface area contributed by atoms with Crippen molar-refractivity contribution in [3.05, 3.63) is 21.5 Å². The number of nitrogens with zero attached hydrogens (tertiary/aromatic N) is 3. The van der Waals surface area contributed by atoms with Crippen molar-refractivity contribution >= 4 is 12.6 Å². The average molecular weight is 214 g/mol. The van der Waals surface area contributed by atoms with Gasteiger partial charge in [-0.2, -0.15) is 0 Å². The van der Waals surface area contributed by atoms with Crippen LogP contribution in [-0.4, -0.2) is 40.5 Å². The van der Waals surface area contributed by atoms with Crippen LogP contribution in [0.4, 0.5) is 0 Å². The first-order valence-corrected chi connectivity index (χ1v) is 4.36. The first-order chi connectivity index (χ1) is 7.07. The van der Waals surface area contributed by atoms with Crippen LogP contribution in [-0.2, 0) is 4.74 Å². The first kappa shape index (κ1) is 11.3. The Morgan fingerprint density at radius 2 is 2.40 bits per heavy atom. The van der Waals surface area contributed by atoms with Gasteiger partial charge < -0.3 is 9.84 Å². The van der Waals surface area contributed by atoms with Gasteiger partial charge in [-0.25, -0.2) is 0 Å². The molecule has 82 valence electrons. The van der Waals surface area contributed by atoms with Crippen molar-refractivity contribution in [3.63, 3.8) is 0 Å². The van der Waals surface area contributed by atoms with Crippen molar-refractivity contribution in [2.45, 2.75) is 13.3 Å². The van der Waals surface area contributed by atoms with Crippen molar-refractivity contribution in [1.29, 1.82) is 0 Å². The summed E-state index contributed by atoms with van der Waals surface area (Å²) in [6.45, 7) is 5.18. The molecule has 1 aliphatic rings. The summed E-state index contributed by atoms with van der Waals surface area (Å²) in [5.74, 6) is -0.0547. The fraction of sp³-hybridized carbons (Fsp3) is 0.500. The molecule has 0 atom stereocenters. The number of hydrazone groups is 1. The summed E-state index contributed by atoms with van der Waals surface area (Å²) in [5.41, 5.74) is 0.155. The largest absolute Gasteiger partial charge is 0.469 e. The van der Waals surface area contributed by atoms with E-state index in [4.69, 9.17) is 9.84 Å². The number of allylic oxidation sites excluding steroid dienone is 1. The number of aliphatic hydroxyl groups is 1. The molecule has 7 heteroatoms. The Hall–Kier alpha value is -1.76. The smallest absolute Gasteiger partial charge is 0.405 e. The maximum absolute atomic E-state index is 10.7. The highest BCUT2D eigenvalue weighted by molar-refractivity contribution is 5.92. The van der Waals surface area contributed by atoms with E-state index in [2.05, 4.69) is 11.8 Å². The minimum absolute atomic E-state index is 0.0299. The number of rotatable bonds is 4. The van der Waals surface area contributed by atoms with Gasteiger partial charge in [0.1, 0.15) is 0 Å². The molecule has 1 rings (SSSR count). The summed E-state index contributed by atoms with van der Waals surface area (Å²) in [5, 5.41) is 23.0. The van der Waals surface area contributed by atoms with Crippen LogP contribution in [0.15, 0.2) is 16.5 Å². The van der Waals surface area contributed by atoms with Crippen LogP contribution in [0.3, 0.4) is 0 Å². The second-order valence-corrected chi connectivity index (χ2v) is 2.92. The predicted molar refractivity (Wildman–Crippen MR) is 52.2 cm³/mol. The second kappa shape index (κ2) is 4.65. The fourth-order valence-electron chi connectivity index (χ4n) is 1.05. The van der Waals surface area contributed by atoms with Gasteiger partial charge in [0.15, 0.2) is 6.72 Å². The molecule has 0 aromatic rings.